The summed E-state index contributed by atoms with van der Waals surface area (Å²) in [6, 6.07) is 0. The van der Waals surface area contributed by atoms with Crippen molar-refractivity contribution in [2.45, 2.75) is 19.8 Å². The summed E-state index contributed by atoms with van der Waals surface area (Å²) < 4.78 is 5.27. The molecule has 17 heavy (non-hydrogen) atoms. The van der Waals surface area contributed by atoms with Crippen LogP contribution in [0.25, 0.3) is 0 Å². The van der Waals surface area contributed by atoms with Gasteiger partial charge in [-0.15, -0.1) is 0 Å². The normalized spacial score (nSPS) is 16.2. The Bertz CT molecular complexity index is 399. The largest absolute Gasteiger partial charge is 0.477 e. The zero-order valence-corrected chi connectivity index (χ0v) is 10.6. The molecular formula is C11H16N2O3S. The molecule has 0 amide bonds. The number of aromatic carboxylic acids is 1. The van der Waals surface area contributed by atoms with Crippen LogP contribution in [-0.4, -0.2) is 42.4 Å². The molecule has 0 aromatic carbocycles. The van der Waals surface area contributed by atoms with Crippen molar-refractivity contribution in [2.24, 2.45) is 0 Å². The van der Waals surface area contributed by atoms with Crippen LogP contribution in [0, 0.1) is 0 Å². The third-order valence-electron chi connectivity index (χ3n) is 2.65. The van der Waals surface area contributed by atoms with Crippen molar-refractivity contribution < 1.29 is 14.6 Å². The zero-order chi connectivity index (χ0) is 12.3. The van der Waals surface area contributed by atoms with Gasteiger partial charge in [0.25, 0.3) is 0 Å². The second kappa shape index (κ2) is 5.46. The Morgan fingerprint density at radius 2 is 2.24 bits per heavy atom. The van der Waals surface area contributed by atoms with Crippen LogP contribution < -0.4 is 4.90 Å². The lowest BCUT2D eigenvalue weighted by Crippen LogP contribution is -2.36. The number of hydrogen-bond acceptors (Lipinski definition) is 5. The van der Waals surface area contributed by atoms with E-state index in [2.05, 4.69) is 9.88 Å². The minimum Gasteiger partial charge on any atom is -0.477 e. The van der Waals surface area contributed by atoms with Gasteiger partial charge in [0, 0.05) is 13.1 Å². The van der Waals surface area contributed by atoms with E-state index in [0.717, 1.165) is 31.1 Å². The van der Waals surface area contributed by atoms with Crippen molar-refractivity contribution in [3.63, 3.8) is 0 Å². The van der Waals surface area contributed by atoms with Gasteiger partial charge in [-0.3, -0.25) is 0 Å². The fourth-order valence-corrected chi connectivity index (χ4v) is 2.81. The van der Waals surface area contributed by atoms with Crippen LogP contribution in [0.4, 0.5) is 5.13 Å². The number of rotatable bonds is 4. The maximum Gasteiger partial charge on any atom is 0.347 e. The number of ether oxygens (including phenoxy) is 1. The van der Waals surface area contributed by atoms with Crippen molar-refractivity contribution in [3.05, 3.63) is 10.6 Å². The summed E-state index contributed by atoms with van der Waals surface area (Å²) in [5.74, 6) is -0.870. The number of nitrogens with zero attached hydrogens (tertiary/aromatic N) is 2. The summed E-state index contributed by atoms with van der Waals surface area (Å²) in [7, 11) is 0. The Kier molecular flexibility index (Phi) is 3.96. The summed E-state index contributed by atoms with van der Waals surface area (Å²) in [5.41, 5.74) is 0.714. The molecule has 94 valence electrons. The fraction of sp³-hybridized carbons (Fsp3) is 0.636. The highest BCUT2D eigenvalue weighted by molar-refractivity contribution is 7.17. The Balaban J connectivity index is 2.22. The molecule has 0 aliphatic carbocycles. The average Bonchev–Trinajstić information content (AvgIpc) is 2.75. The molecule has 2 rings (SSSR count). The van der Waals surface area contributed by atoms with Crippen LogP contribution >= 0.6 is 11.3 Å². The van der Waals surface area contributed by atoms with Crippen LogP contribution in [0.5, 0.6) is 0 Å². The van der Waals surface area contributed by atoms with Gasteiger partial charge in [-0.1, -0.05) is 24.7 Å². The molecule has 5 nitrogen and oxygen atoms in total. The van der Waals surface area contributed by atoms with E-state index in [1.165, 1.54) is 11.3 Å². The van der Waals surface area contributed by atoms with Gasteiger partial charge in [0.2, 0.25) is 0 Å². The first-order chi connectivity index (χ1) is 8.22. The van der Waals surface area contributed by atoms with E-state index in [4.69, 9.17) is 9.84 Å². The number of thiazole rings is 1. The maximum absolute atomic E-state index is 11.1. The van der Waals surface area contributed by atoms with Crippen LogP contribution in [0.3, 0.4) is 0 Å². The summed E-state index contributed by atoms with van der Waals surface area (Å²) in [6.45, 7) is 4.98. The topological polar surface area (TPSA) is 62.7 Å². The van der Waals surface area contributed by atoms with Crippen molar-refractivity contribution in [2.75, 3.05) is 31.2 Å². The van der Waals surface area contributed by atoms with Gasteiger partial charge in [-0.25, -0.2) is 9.78 Å². The van der Waals surface area contributed by atoms with Crippen molar-refractivity contribution in [3.8, 4) is 0 Å². The molecule has 1 aliphatic heterocycles. The average molecular weight is 256 g/mol. The zero-order valence-electron chi connectivity index (χ0n) is 9.81. The molecule has 1 aromatic rings. The lowest BCUT2D eigenvalue weighted by molar-refractivity contribution is 0.0700. The van der Waals surface area contributed by atoms with E-state index in [-0.39, 0.29) is 0 Å². The number of morpholine rings is 1. The summed E-state index contributed by atoms with van der Waals surface area (Å²) in [5, 5.41) is 9.95. The highest BCUT2D eigenvalue weighted by Gasteiger charge is 2.21. The van der Waals surface area contributed by atoms with Gasteiger partial charge >= 0.3 is 5.97 Å². The Morgan fingerprint density at radius 3 is 2.82 bits per heavy atom. The molecule has 1 saturated heterocycles. The predicted octanol–water partition coefficient (Wildman–Crippen LogP) is 1.63. The lowest BCUT2D eigenvalue weighted by Gasteiger charge is -2.26. The molecule has 1 N–H and O–H groups in total. The first kappa shape index (κ1) is 12.3. The first-order valence-electron chi connectivity index (χ1n) is 5.78. The summed E-state index contributed by atoms with van der Waals surface area (Å²) >= 11 is 1.27. The first-order valence-corrected chi connectivity index (χ1v) is 6.59. The molecule has 2 heterocycles. The quantitative estimate of drug-likeness (QED) is 0.887. The van der Waals surface area contributed by atoms with Crippen molar-refractivity contribution in [1.82, 2.24) is 4.98 Å². The van der Waals surface area contributed by atoms with E-state index < -0.39 is 5.97 Å². The van der Waals surface area contributed by atoms with E-state index in [9.17, 15) is 4.79 Å². The second-order valence-corrected chi connectivity index (χ2v) is 4.90. The fourth-order valence-electron chi connectivity index (χ4n) is 1.80. The van der Waals surface area contributed by atoms with E-state index >= 15 is 0 Å². The highest BCUT2D eigenvalue weighted by Crippen LogP contribution is 2.27. The molecule has 6 heteroatoms. The van der Waals surface area contributed by atoms with Crippen LogP contribution in [-0.2, 0) is 11.2 Å². The third-order valence-corrected chi connectivity index (χ3v) is 3.80. The van der Waals surface area contributed by atoms with Crippen LogP contribution in [0.1, 0.15) is 28.7 Å². The van der Waals surface area contributed by atoms with Gasteiger partial charge < -0.3 is 14.7 Å². The van der Waals surface area contributed by atoms with Crippen LogP contribution in [0.2, 0.25) is 0 Å². The van der Waals surface area contributed by atoms with Crippen molar-refractivity contribution in [1.29, 1.82) is 0 Å². The van der Waals surface area contributed by atoms with Gasteiger partial charge in [-0.2, -0.15) is 0 Å². The molecular weight excluding hydrogens is 240 g/mol. The third kappa shape index (κ3) is 2.76. The summed E-state index contributed by atoms with van der Waals surface area (Å²) in [4.78, 5) is 18.1. The number of aryl methyl sites for hydroxylation is 1. The standard InChI is InChI=1S/C11H16N2O3S/c1-2-3-8-9(10(14)15)17-11(12-8)13-4-6-16-7-5-13/h2-7H2,1H3,(H,14,15). The minimum absolute atomic E-state index is 0.383. The molecule has 0 radical (unpaired) electrons. The molecule has 0 bridgehead atoms. The Hall–Kier alpha value is -1.14. The summed E-state index contributed by atoms with van der Waals surface area (Å²) in [6.07, 6.45) is 1.63. The SMILES string of the molecule is CCCc1nc(N2CCOCC2)sc1C(=O)O. The molecule has 1 fully saturated rings. The van der Waals surface area contributed by atoms with Gasteiger partial charge in [0.15, 0.2) is 5.13 Å². The predicted molar refractivity (Wildman–Crippen MR) is 66.1 cm³/mol. The maximum atomic E-state index is 11.1. The Morgan fingerprint density at radius 1 is 1.53 bits per heavy atom. The monoisotopic (exact) mass is 256 g/mol. The van der Waals surface area contributed by atoms with Gasteiger partial charge in [0.05, 0.1) is 18.9 Å². The molecule has 1 aliphatic rings. The smallest absolute Gasteiger partial charge is 0.347 e. The van der Waals surface area contributed by atoms with Crippen LogP contribution in [0.15, 0.2) is 0 Å². The molecule has 0 spiro atoms. The molecule has 0 saturated carbocycles. The number of aromatic nitrogens is 1. The Labute approximate surface area is 104 Å². The van der Waals surface area contributed by atoms with E-state index in [1.807, 2.05) is 6.92 Å². The lowest BCUT2D eigenvalue weighted by atomic mass is 10.2. The molecule has 0 unspecified atom stereocenters. The van der Waals surface area contributed by atoms with Gasteiger partial charge in [0.1, 0.15) is 4.88 Å². The highest BCUT2D eigenvalue weighted by atomic mass is 32.1. The van der Waals surface area contributed by atoms with Gasteiger partial charge in [-0.05, 0) is 6.42 Å². The number of carboxylic acids is 1. The number of anilines is 1. The second-order valence-electron chi connectivity index (χ2n) is 3.93. The minimum atomic E-state index is -0.870. The van der Waals surface area contributed by atoms with E-state index in [0.29, 0.717) is 23.8 Å². The van der Waals surface area contributed by atoms with E-state index in [1.54, 1.807) is 0 Å². The van der Waals surface area contributed by atoms with Crippen molar-refractivity contribution >= 4 is 22.4 Å². The number of hydrogen-bond donors (Lipinski definition) is 1. The number of carboxylic acid groups (broad SMARTS) is 1. The number of carbonyl (C=O) groups is 1. The molecule has 1 aromatic heterocycles. The molecule has 0 atom stereocenters.